The lowest BCUT2D eigenvalue weighted by atomic mass is 9.98. The van der Waals surface area contributed by atoms with Crippen LogP contribution in [0.2, 0.25) is 5.15 Å². The first-order chi connectivity index (χ1) is 6.68. The highest BCUT2D eigenvalue weighted by Gasteiger charge is 2.22. The summed E-state index contributed by atoms with van der Waals surface area (Å²) in [5.41, 5.74) is 6.41. The van der Waals surface area contributed by atoms with Gasteiger partial charge in [0.05, 0.1) is 5.56 Å². The number of nitrogens with zero attached hydrogens (tertiary/aromatic N) is 1. The van der Waals surface area contributed by atoms with Crippen molar-refractivity contribution in [2.75, 3.05) is 6.54 Å². The van der Waals surface area contributed by atoms with E-state index >= 15 is 0 Å². The van der Waals surface area contributed by atoms with Gasteiger partial charge in [-0.2, -0.15) is 0 Å². The molecule has 1 aliphatic heterocycles. The van der Waals surface area contributed by atoms with E-state index in [9.17, 15) is 4.79 Å². The molecule has 1 aromatic heterocycles. The van der Waals surface area contributed by atoms with Gasteiger partial charge in [-0.25, -0.2) is 4.98 Å². The van der Waals surface area contributed by atoms with Crippen LogP contribution in [0.15, 0.2) is 12.3 Å². The average molecular weight is 212 g/mol. The Labute approximate surface area is 86.5 Å². The highest BCUT2D eigenvalue weighted by molar-refractivity contribution is 6.30. The van der Waals surface area contributed by atoms with Crippen molar-refractivity contribution in [3.8, 4) is 0 Å². The molecule has 0 radical (unpaired) electrons. The van der Waals surface area contributed by atoms with E-state index in [1.165, 1.54) is 6.20 Å². The maximum atomic E-state index is 10.9. The number of hydrogen-bond acceptors (Lipinski definition) is 3. The van der Waals surface area contributed by atoms with Crippen molar-refractivity contribution in [1.82, 2.24) is 10.3 Å². The van der Waals surface area contributed by atoms with Crippen LogP contribution in [0.25, 0.3) is 0 Å². The van der Waals surface area contributed by atoms with Gasteiger partial charge in [0.1, 0.15) is 5.15 Å². The van der Waals surface area contributed by atoms with E-state index in [0.29, 0.717) is 10.7 Å². The van der Waals surface area contributed by atoms with Crippen LogP contribution >= 0.6 is 11.6 Å². The predicted octanol–water partition coefficient (Wildman–Crippen LogP) is 0.868. The Morgan fingerprint density at radius 2 is 2.43 bits per heavy atom. The first kappa shape index (κ1) is 9.43. The van der Waals surface area contributed by atoms with Crippen LogP contribution in [0.4, 0.5) is 0 Å². The molecule has 1 aromatic rings. The normalized spacial score (nSPS) is 20.2. The van der Waals surface area contributed by atoms with Crippen LogP contribution in [0, 0.1) is 0 Å². The molecular formula is C9H10ClN3O. The van der Waals surface area contributed by atoms with Crippen LogP contribution in [-0.2, 0) is 0 Å². The van der Waals surface area contributed by atoms with Gasteiger partial charge >= 0.3 is 0 Å². The average Bonchev–Trinajstić information content (AvgIpc) is 2.05. The molecule has 74 valence electrons. The maximum Gasteiger partial charge on any atom is 0.250 e. The number of primary amides is 1. The fourth-order valence-corrected chi connectivity index (χ4v) is 1.63. The number of carbonyl (C=O) groups excluding carboxylic acids is 1. The number of carbonyl (C=O) groups is 1. The highest BCUT2D eigenvalue weighted by Crippen LogP contribution is 2.28. The van der Waals surface area contributed by atoms with Crippen molar-refractivity contribution in [1.29, 1.82) is 0 Å². The third kappa shape index (κ3) is 1.58. The second-order valence-corrected chi connectivity index (χ2v) is 3.62. The van der Waals surface area contributed by atoms with Crippen molar-refractivity contribution >= 4 is 17.5 Å². The second kappa shape index (κ2) is 3.55. The minimum absolute atomic E-state index is 0.217. The van der Waals surface area contributed by atoms with Gasteiger partial charge in [-0.05, 0) is 19.0 Å². The van der Waals surface area contributed by atoms with Crippen LogP contribution in [0.5, 0.6) is 0 Å². The third-order valence-electron chi connectivity index (χ3n) is 2.35. The number of hydrogen-bond donors (Lipinski definition) is 2. The monoisotopic (exact) mass is 211 g/mol. The zero-order valence-corrected chi connectivity index (χ0v) is 8.21. The van der Waals surface area contributed by atoms with E-state index in [1.54, 1.807) is 6.07 Å². The van der Waals surface area contributed by atoms with Gasteiger partial charge in [-0.3, -0.25) is 4.79 Å². The lowest BCUT2D eigenvalue weighted by Crippen LogP contribution is -2.35. The summed E-state index contributed by atoms with van der Waals surface area (Å²) in [5, 5.41) is 3.63. The maximum absolute atomic E-state index is 10.9. The molecule has 0 aromatic carbocycles. The molecule has 2 rings (SSSR count). The molecule has 5 heteroatoms. The molecule has 1 atom stereocenters. The van der Waals surface area contributed by atoms with Gasteiger partial charge in [0.25, 0.3) is 0 Å². The Hall–Kier alpha value is -1.13. The topological polar surface area (TPSA) is 68.0 Å². The highest BCUT2D eigenvalue weighted by atomic mass is 35.5. The largest absolute Gasteiger partial charge is 0.366 e. The zero-order chi connectivity index (χ0) is 10.1. The Morgan fingerprint density at radius 3 is 2.93 bits per heavy atom. The molecule has 3 N–H and O–H groups in total. The molecule has 1 amide bonds. The molecule has 1 fully saturated rings. The van der Waals surface area contributed by atoms with Crippen molar-refractivity contribution < 1.29 is 4.79 Å². The van der Waals surface area contributed by atoms with E-state index < -0.39 is 5.91 Å². The number of amides is 1. The summed E-state index contributed by atoms with van der Waals surface area (Å²) in [7, 11) is 0. The van der Waals surface area contributed by atoms with Crippen LogP contribution in [0.3, 0.4) is 0 Å². The predicted molar refractivity (Wildman–Crippen MR) is 53.1 cm³/mol. The molecule has 4 nitrogen and oxygen atoms in total. The van der Waals surface area contributed by atoms with Crippen LogP contribution < -0.4 is 11.1 Å². The standard InChI is InChI=1S/C9H10ClN3O/c10-8-6(7-1-2-12-7)3-5(4-13-8)9(11)14/h3-4,7,12H,1-2H2,(H2,11,14). The third-order valence-corrected chi connectivity index (χ3v) is 2.67. The number of nitrogens with one attached hydrogen (secondary N) is 1. The van der Waals surface area contributed by atoms with Gasteiger partial charge in [0, 0.05) is 17.8 Å². The number of nitrogens with two attached hydrogens (primary N) is 1. The number of halogens is 1. The van der Waals surface area contributed by atoms with Crippen molar-refractivity contribution in [3.05, 3.63) is 28.5 Å². The lowest BCUT2D eigenvalue weighted by molar-refractivity contribution is 0.1000. The van der Waals surface area contributed by atoms with Crippen molar-refractivity contribution in [2.24, 2.45) is 5.73 Å². The minimum atomic E-state index is -0.477. The number of rotatable bonds is 2. The summed E-state index contributed by atoms with van der Waals surface area (Å²) in [6.07, 6.45) is 2.41. The summed E-state index contributed by atoms with van der Waals surface area (Å²) < 4.78 is 0. The smallest absolute Gasteiger partial charge is 0.250 e. The molecule has 1 saturated heterocycles. The first-order valence-corrected chi connectivity index (χ1v) is 4.75. The molecule has 1 unspecified atom stereocenters. The molecule has 0 spiro atoms. The minimum Gasteiger partial charge on any atom is -0.366 e. The molecule has 2 heterocycles. The van der Waals surface area contributed by atoms with Gasteiger partial charge in [-0.15, -0.1) is 0 Å². The number of pyridine rings is 1. The fourth-order valence-electron chi connectivity index (χ4n) is 1.40. The Kier molecular flexibility index (Phi) is 2.39. The molecular weight excluding hydrogens is 202 g/mol. The van der Waals surface area contributed by atoms with E-state index in [1.807, 2.05) is 0 Å². The van der Waals surface area contributed by atoms with Crippen LogP contribution in [0.1, 0.15) is 28.4 Å². The first-order valence-electron chi connectivity index (χ1n) is 4.37. The lowest BCUT2D eigenvalue weighted by Gasteiger charge is -2.28. The SMILES string of the molecule is NC(=O)c1cnc(Cl)c(C2CCN2)c1. The quantitative estimate of drug-likeness (QED) is 0.714. The Morgan fingerprint density at radius 1 is 1.71 bits per heavy atom. The summed E-state index contributed by atoms with van der Waals surface area (Å²) in [5.74, 6) is -0.477. The van der Waals surface area contributed by atoms with Crippen LogP contribution in [-0.4, -0.2) is 17.4 Å². The Balaban J connectivity index is 2.36. The molecule has 0 bridgehead atoms. The van der Waals surface area contributed by atoms with E-state index in [0.717, 1.165) is 18.5 Å². The van der Waals surface area contributed by atoms with E-state index in [4.69, 9.17) is 17.3 Å². The summed E-state index contributed by atoms with van der Waals surface area (Å²) in [4.78, 5) is 14.8. The van der Waals surface area contributed by atoms with Gasteiger partial charge in [-0.1, -0.05) is 11.6 Å². The van der Waals surface area contributed by atoms with Gasteiger partial charge in [0.15, 0.2) is 0 Å². The summed E-state index contributed by atoms with van der Waals surface area (Å²) in [6, 6.07) is 1.92. The Bertz CT molecular complexity index is 376. The van der Waals surface area contributed by atoms with Crippen molar-refractivity contribution in [2.45, 2.75) is 12.5 Å². The number of aromatic nitrogens is 1. The second-order valence-electron chi connectivity index (χ2n) is 3.26. The fraction of sp³-hybridized carbons (Fsp3) is 0.333. The van der Waals surface area contributed by atoms with Crippen molar-refractivity contribution in [3.63, 3.8) is 0 Å². The molecule has 14 heavy (non-hydrogen) atoms. The van der Waals surface area contributed by atoms with Gasteiger partial charge in [0.2, 0.25) is 5.91 Å². The molecule has 1 aliphatic rings. The molecule has 0 aliphatic carbocycles. The van der Waals surface area contributed by atoms with Gasteiger partial charge < -0.3 is 11.1 Å². The summed E-state index contributed by atoms with van der Waals surface area (Å²) >= 11 is 5.91. The van der Waals surface area contributed by atoms with E-state index in [-0.39, 0.29) is 6.04 Å². The molecule has 0 saturated carbocycles. The zero-order valence-electron chi connectivity index (χ0n) is 7.46. The van der Waals surface area contributed by atoms with E-state index in [2.05, 4.69) is 10.3 Å². The summed E-state index contributed by atoms with van der Waals surface area (Å²) in [6.45, 7) is 0.974.